The Morgan fingerprint density at radius 2 is 2.27 bits per heavy atom. The number of hydrogen-bond donors (Lipinski definition) is 1. The highest BCUT2D eigenvalue weighted by Crippen LogP contribution is 2.06. The Balaban J connectivity index is 3.42. The standard InChI is InChI=1S/C8H14O3/c1-4-7(9)11-6-5-8(2,3)10/h4,10H,1,5-6H2,2-3H3. The van der Waals surface area contributed by atoms with Crippen molar-refractivity contribution >= 4 is 5.97 Å². The van der Waals surface area contributed by atoms with Gasteiger partial charge in [0, 0.05) is 12.5 Å². The molecule has 0 saturated heterocycles. The molecule has 0 aliphatic rings. The lowest BCUT2D eigenvalue weighted by Crippen LogP contribution is -2.21. The summed E-state index contributed by atoms with van der Waals surface area (Å²) in [5.41, 5.74) is -0.776. The minimum absolute atomic E-state index is 0.231. The van der Waals surface area contributed by atoms with Crippen LogP contribution >= 0.6 is 0 Å². The number of carbonyl (C=O) groups is 1. The quantitative estimate of drug-likeness (QED) is 0.488. The molecule has 0 aromatic heterocycles. The minimum Gasteiger partial charge on any atom is -0.462 e. The highest BCUT2D eigenvalue weighted by molar-refractivity contribution is 5.81. The Labute approximate surface area is 66.7 Å². The van der Waals surface area contributed by atoms with Gasteiger partial charge in [-0.3, -0.25) is 0 Å². The summed E-state index contributed by atoms with van der Waals surface area (Å²) in [6.07, 6.45) is 1.54. The van der Waals surface area contributed by atoms with Gasteiger partial charge >= 0.3 is 5.97 Å². The van der Waals surface area contributed by atoms with Crippen molar-refractivity contribution in [1.82, 2.24) is 0 Å². The van der Waals surface area contributed by atoms with Crippen LogP contribution in [0.4, 0.5) is 0 Å². The van der Waals surface area contributed by atoms with Crippen molar-refractivity contribution in [2.75, 3.05) is 6.61 Å². The summed E-state index contributed by atoms with van der Waals surface area (Å²) in [4.78, 5) is 10.5. The zero-order valence-corrected chi connectivity index (χ0v) is 6.96. The van der Waals surface area contributed by atoms with Crippen molar-refractivity contribution in [1.29, 1.82) is 0 Å². The van der Waals surface area contributed by atoms with Crippen molar-refractivity contribution in [2.45, 2.75) is 25.9 Å². The van der Waals surface area contributed by atoms with Crippen LogP contribution in [0.25, 0.3) is 0 Å². The molecule has 64 valence electrons. The molecule has 0 aromatic carbocycles. The topological polar surface area (TPSA) is 46.5 Å². The molecular formula is C8H14O3. The second-order valence-electron chi connectivity index (χ2n) is 2.93. The lowest BCUT2D eigenvalue weighted by molar-refractivity contribution is -0.138. The minimum atomic E-state index is -0.776. The summed E-state index contributed by atoms with van der Waals surface area (Å²) < 4.78 is 4.65. The fourth-order valence-corrected chi connectivity index (χ4v) is 0.460. The molecule has 0 aromatic rings. The summed E-state index contributed by atoms with van der Waals surface area (Å²) >= 11 is 0. The fraction of sp³-hybridized carbons (Fsp3) is 0.625. The fourth-order valence-electron chi connectivity index (χ4n) is 0.460. The molecule has 0 amide bonds. The molecule has 0 unspecified atom stereocenters. The Morgan fingerprint density at radius 3 is 2.64 bits per heavy atom. The van der Waals surface area contributed by atoms with Crippen molar-refractivity contribution in [3.05, 3.63) is 12.7 Å². The van der Waals surface area contributed by atoms with Crippen LogP contribution in [-0.4, -0.2) is 23.3 Å². The van der Waals surface area contributed by atoms with Gasteiger partial charge in [-0.1, -0.05) is 6.58 Å². The van der Waals surface area contributed by atoms with Gasteiger partial charge in [0.25, 0.3) is 0 Å². The van der Waals surface area contributed by atoms with E-state index in [0.29, 0.717) is 6.42 Å². The summed E-state index contributed by atoms with van der Waals surface area (Å²) in [7, 11) is 0. The first-order valence-corrected chi connectivity index (χ1v) is 3.47. The van der Waals surface area contributed by atoms with Crippen molar-refractivity contribution in [3.8, 4) is 0 Å². The zero-order valence-electron chi connectivity index (χ0n) is 6.96. The molecule has 0 aliphatic heterocycles. The third kappa shape index (κ3) is 7.06. The molecule has 0 rings (SSSR count). The van der Waals surface area contributed by atoms with E-state index in [1.54, 1.807) is 13.8 Å². The average Bonchev–Trinajstić information content (AvgIpc) is 1.85. The van der Waals surface area contributed by atoms with Crippen LogP contribution in [0.5, 0.6) is 0 Å². The number of esters is 1. The monoisotopic (exact) mass is 158 g/mol. The van der Waals surface area contributed by atoms with E-state index in [0.717, 1.165) is 6.08 Å². The number of hydrogen-bond acceptors (Lipinski definition) is 3. The van der Waals surface area contributed by atoms with Crippen LogP contribution in [-0.2, 0) is 9.53 Å². The van der Waals surface area contributed by atoms with E-state index >= 15 is 0 Å². The van der Waals surface area contributed by atoms with Gasteiger partial charge in [-0.25, -0.2) is 4.79 Å². The predicted molar refractivity (Wildman–Crippen MR) is 42.1 cm³/mol. The molecule has 11 heavy (non-hydrogen) atoms. The third-order valence-electron chi connectivity index (χ3n) is 1.12. The average molecular weight is 158 g/mol. The molecular weight excluding hydrogens is 144 g/mol. The van der Waals surface area contributed by atoms with Crippen LogP contribution < -0.4 is 0 Å². The van der Waals surface area contributed by atoms with E-state index in [1.165, 1.54) is 0 Å². The Kier molecular flexibility index (Phi) is 3.82. The van der Waals surface area contributed by atoms with Crippen molar-refractivity contribution in [2.24, 2.45) is 0 Å². The van der Waals surface area contributed by atoms with Crippen LogP contribution in [0.3, 0.4) is 0 Å². The lowest BCUT2D eigenvalue weighted by Gasteiger charge is -2.15. The Hall–Kier alpha value is -0.830. The maximum absolute atomic E-state index is 10.5. The molecule has 1 N–H and O–H groups in total. The molecule has 3 heteroatoms. The van der Waals surface area contributed by atoms with Gasteiger partial charge in [0.05, 0.1) is 12.2 Å². The number of carbonyl (C=O) groups excluding carboxylic acids is 1. The summed E-state index contributed by atoms with van der Waals surface area (Å²) in [5.74, 6) is -0.450. The Bertz CT molecular complexity index is 144. The van der Waals surface area contributed by atoms with Gasteiger partial charge < -0.3 is 9.84 Å². The van der Waals surface area contributed by atoms with Gasteiger partial charge in [-0.2, -0.15) is 0 Å². The summed E-state index contributed by atoms with van der Waals surface area (Å²) in [5, 5.41) is 9.19. The second kappa shape index (κ2) is 4.13. The van der Waals surface area contributed by atoms with Gasteiger partial charge in [-0.15, -0.1) is 0 Å². The van der Waals surface area contributed by atoms with E-state index in [9.17, 15) is 9.90 Å². The zero-order chi connectivity index (χ0) is 8.91. The molecule has 0 atom stereocenters. The summed E-state index contributed by atoms with van der Waals surface area (Å²) in [6, 6.07) is 0. The van der Waals surface area contributed by atoms with Crippen LogP contribution in [0, 0.1) is 0 Å². The van der Waals surface area contributed by atoms with Gasteiger partial charge in [0.2, 0.25) is 0 Å². The highest BCUT2D eigenvalue weighted by atomic mass is 16.5. The molecule has 0 bridgehead atoms. The smallest absolute Gasteiger partial charge is 0.330 e. The second-order valence-corrected chi connectivity index (χ2v) is 2.93. The Morgan fingerprint density at radius 1 is 1.73 bits per heavy atom. The summed E-state index contributed by atoms with van der Waals surface area (Å²) in [6.45, 7) is 6.79. The first-order chi connectivity index (χ1) is 4.95. The maximum Gasteiger partial charge on any atom is 0.330 e. The molecule has 3 nitrogen and oxygen atoms in total. The SMILES string of the molecule is C=CC(=O)OCCC(C)(C)O. The highest BCUT2D eigenvalue weighted by Gasteiger charge is 2.12. The van der Waals surface area contributed by atoms with Gasteiger partial charge in [0.1, 0.15) is 0 Å². The molecule has 0 heterocycles. The third-order valence-corrected chi connectivity index (χ3v) is 1.12. The van der Waals surface area contributed by atoms with Gasteiger partial charge in [-0.05, 0) is 13.8 Å². The van der Waals surface area contributed by atoms with Gasteiger partial charge in [0.15, 0.2) is 0 Å². The molecule has 0 fully saturated rings. The number of aliphatic hydroxyl groups is 1. The molecule has 0 aliphatic carbocycles. The van der Waals surface area contributed by atoms with E-state index in [2.05, 4.69) is 11.3 Å². The molecule has 0 spiro atoms. The van der Waals surface area contributed by atoms with E-state index < -0.39 is 11.6 Å². The normalized spacial score (nSPS) is 10.8. The molecule has 0 saturated carbocycles. The predicted octanol–water partition coefficient (Wildman–Crippen LogP) is 0.877. The number of ether oxygens (including phenoxy) is 1. The van der Waals surface area contributed by atoms with E-state index in [4.69, 9.17) is 0 Å². The first kappa shape index (κ1) is 10.2. The van der Waals surface area contributed by atoms with Crippen LogP contribution in [0.15, 0.2) is 12.7 Å². The number of rotatable bonds is 4. The van der Waals surface area contributed by atoms with Crippen molar-refractivity contribution < 1.29 is 14.6 Å². The largest absolute Gasteiger partial charge is 0.462 e. The van der Waals surface area contributed by atoms with Crippen LogP contribution in [0.2, 0.25) is 0 Å². The van der Waals surface area contributed by atoms with Crippen molar-refractivity contribution in [3.63, 3.8) is 0 Å². The molecule has 0 radical (unpaired) electrons. The maximum atomic E-state index is 10.5. The van der Waals surface area contributed by atoms with Crippen LogP contribution in [0.1, 0.15) is 20.3 Å². The lowest BCUT2D eigenvalue weighted by atomic mass is 10.1. The van der Waals surface area contributed by atoms with E-state index in [1.807, 2.05) is 0 Å². The van der Waals surface area contributed by atoms with E-state index in [-0.39, 0.29) is 6.61 Å². The first-order valence-electron chi connectivity index (χ1n) is 3.47.